The van der Waals surface area contributed by atoms with Crippen LogP contribution in [0.15, 0.2) is 18.2 Å². The highest BCUT2D eigenvalue weighted by Gasteiger charge is 2.15. The van der Waals surface area contributed by atoms with E-state index in [-0.39, 0.29) is 0 Å². The molecular formula is C9H10IN. The number of anilines is 1. The van der Waals surface area contributed by atoms with Gasteiger partial charge in [-0.3, -0.25) is 0 Å². The maximum absolute atomic E-state index is 3.42. The molecule has 0 aliphatic carbocycles. The summed E-state index contributed by atoms with van der Waals surface area (Å²) in [6, 6.07) is 7.18. The molecule has 1 unspecified atom stereocenters. The average molecular weight is 259 g/mol. The fourth-order valence-corrected chi connectivity index (χ4v) is 2.07. The van der Waals surface area contributed by atoms with E-state index in [1.54, 1.807) is 0 Å². The highest BCUT2D eigenvalue weighted by Crippen LogP contribution is 2.26. The molecule has 0 bridgehead atoms. The lowest BCUT2D eigenvalue weighted by Gasteiger charge is -2.00. The fraction of sp³-hybridized carbons (Fsp3) is 0.333. The molecule has 1 aromatic rings. The number of fused-ring (bicyclic) bond motifs is 1. The Balaban J connectivity index is 2.43. The van der Waals surface area contributed by atoms with Crippen molar-refractivity contribution in [2.24, 2.45) is 0 Å². The predicted molar refractivity (Wildman–Crippen MR) is 55.9 cm³/mol. The van der Waals surface area contributed by atoms with Gasteiger partial charge in [0.2, 0.25) is 0 Å². The molecule has 0 aromatic heterocycles. The molecule has 58 valence electrons. The van der Waals surface area contributed by atoms with Crippen molar-refractivity contribution >= 4 is 28.3 Å². The fourth-order valence-electron chi connectivity index (χ4n) is 1.52. The van der Waals surface area contributed by atoms with Gasteiger partial charge in [-0.15, -0.1) is 0 Å². The molecule has 1 heterocycles. The number of hydrogen-bond donors (Lipinski definition) is 1. The second kappa shape index (κ2) is 2.66. The standard InChI is InChI=1S/C9H10IN/c1-6-4-7-5-8(10)2-3-9(7)11-6/h2-3,5-6,11H,4H2,1H3. The zero-order chi connectivity index (χ0) is 7.84. The molecule has 0 fully saturated rings. The topological polar surface area (TPSA) is 12.0 Å². The van der Waals surface area contributed by atoms with Crippen LogP contribution in [0, 0.1) is 3.57 Å². The number of nitrogens with one attached hydrogen (secondary N) is 1. The van der Waals surface area contributed by atoms with E-state index >= 15 is 0 Å². The van der Waals surface area contributed by atoms with Gasteiger partial charge in [0.25, 0.3) is 0 Å². The first-order valence-corrected chi connectivity index (χ1v) is 4.88. The third kappa shape index (κ3) is 1.36. The van der Waals surface area contributed by atoms with Crippen LogP contribution in [0.5, 0.6) is 0 Å². The zero-order valence-corrected chi connectivity index (χ0v) is 8.55. The molecule has 11 heavy (non-hydrogen) atoms. The van der Waals surface area contributed by atoms with Crippen LogP contribution in [0.2, 0.25) is 0 Å². The molecule has 1 N–H and O–H groups in total. The molecule has 1 atom stereocenters. The Morgan fingerprint density at radius 1 is 1.55 bits per heavy atom. The molecule has 0 amide bonds. The first-order valence-electron chi connectivity index (χ1n) is 3.80. The lowest BCUT2D eigenvalue weighted by Crippen LogP contribution is -2.08. The van der Waals surface area contributed by atoms with E-state index in [9.17, 15) is 0 Å². The molecule has 2 heteroatoms. The third-order valence-corrected chi connectivity index (χ3v) is 2.67. The molecule has 1 nitrogen and oxygen atoms in total. The molecule has 1 aliphatic heterocycles. The van der Waals surface area contributed by atoms with E-state index in [1.165, 1.54) is 21.2 Å². The van der Waals surface area contributed by atoms with Crippen molar-refractivity contribution in [3.8, 4) is 0 Å². The van der Waals surface area contributed by atoms with E-state index in [2.05, 4.69) is 53.0 Å². The summed E-state index contributed by atoms with van der Waals surface area (Å²) in [4.78, 5) is 0. The highest BCUT2D eigenvalue weighted by molar-refractivity contribution is 14.1. The van der Waals surface area contributed by atoms with Crippen molar-refractivity contribution < 1.29 is 0 Å². The van der Waals surface area contributed by atoms with E-state index in [0.29, 0.717) is 6.04 Å². The van der Waals surface area contributed by atoms with Gasteiger partial charge in [0.1, 0.15) is 0 Å². The first-order chi connectivity index (χ1) is 5.25. The molecular weight excluding hydrogens is 249 g/mol. The molecule has 0 radical (unpaired) electrons. The maximum Gasteiger partial charge on any atom is 0.0376 e. The molecule has 2 rings (SSSR count). The first kappa shape index (κ1) is 7.40. The van der Waals surface area contributed by atoms with Crippen LogP contribution in [0.25, 0.3) is 0 Å². The van der Waals surface area contributed by atoms with E-state index in [4.69, 9.17) is 0 Å². The van der Waals surface area contributed by atoms with Gasteiger partial charge in [0.15, 0.2) is 0 Å². The number of halogens is 1. The van der Waals surface area contributed by atoms with Crippen LogP contribution < -0.4 is 5.32 Å². The minimum absolute atomic E-state index is 0.614. The van der Waals surface area contributed by atoms with Crippen molar-refractivity contribution in [3.05, 3.63) is 27.3 Å². The second-order valence-corrected chi connectivity index (χ2v) is 4.30. The quantitative estimate of drug-likeness (QED) is 0.706. The lowest BCUT2D eigenvalue weighted by molar-refractivity contribution is 0.839. The van der Waals surface area contributed by atoms with E-state index in [0.717, 1.165) is 0 Å². The van der Waals surface area contributed by atoms with Gasteiger partial charge in [0.05, 0.1) is 0 Å². The van der Waals surface area contributed by atoms with E-state index in [1.807, 2.05) is 0 Å². The Labute approximate surface area is 80.3 Å². The van der Waals surface area contributed by atoms with Gasteiger partial charge in [-0.2, -0.15) is 0 Å². The molecule has 1 aliphatic rings. The second-order valence-electron chi connectivity index (χ2n) is 3.05. The van der Waals surface area contributed by atoms with Gasteiger partial charge in [-0.05, 0) is 59.7 Å². The summed E-state index contributed by atoms with van der Waals surface area (Å²) in [5, 5.41) is 3.42. The number of rotatable bonds is 0. The van der Waals surface area contributed by atoms with Crippen LogP contribution in [0.1, 0.15) is 12.5 Å². The predicted octanol–water partition coefficient (Wildman–Crippen LogP) is 2.65. The Morgan fingerprint density at radius 3 is 3.18 bits per heavy atom. The van der Waals surface area contributed by atoms with Crippen molar-refractivity contribution in [2.75, 3.05) is 5.32 Å². The highest BCUT2D eigenvalue weighted by atomic mass is 127. The Hall–Kier alpha value is -0.250. The van der Waals surface area contributed by atoms with Crippen molar-refractivity contribution in [1.29, 1.82) is 0 Å². The Kier molecular flexibility index (Phi) is 1.79. The van der Waals surface area contributed by atoms with Gasteiger partial charge >= 0.3 is 0 Å². The SMILES string of the molecule is CC1Cc2cc(I)ccc2N1. The smallest absolute Gasteiger partial charge is 0.0376 e. The van der Waals surface area contributed by atoms with Gasteiger partial charge in [-0.25, -0.2) is 0 Å². The summed E-state index contributed by atoms with van der Waals surface area (Å²) in [6.45, 7) is 2.22. The summed E-state index contributed by atoms with van der Waals surface area (Å²) < 4.78 is 1.33. The minimum atomic E-state index is 0.614. The summed E-state index contributed by atoms with van der Waals surface area (Å²) in [5.74, 6) is 0. The Bertz CT molecular complexity index is 283. The normalized spacial score (nSPS) is 21.1. The monoisotopic (exact) mass is 259 g/mol. The zero-order valence-electron chi connectivity index (χ0n) is 6.39. The minimum Gasteiger partial charge on any atom is -0.382 e. The summed E-state index contributed by atoms with van der Waals surface area (Å²) in [6.07, 6.45) is 1.17. The van der Waals surface area contributed by atoms with E-state index < -0.39 is 0 Å². The summed E-state index contributed by atoms with van der Waals surface area (Å²) in [5.41, 5.74) is 2.78. The van der Waals surface area contributed by atoms with Crippen LogP contribution in [0.4, 0.5) is 5.69 Å². The van der Waals surface area contributed by atoms with Crippen LogP contribution in [0.3, 0.4) is 0 Å². The Morgan fingerprint density at radius 2 is 2.36 bits per heavy atom. The molecule has 1 aromatic carbocycles. The summed E-state index contributed by atoms with van der Waals surface area (Å²) >= 11 is 2.35. The largest absolute Gasteiger partial charge is 0.382 e. The summed E-state index contributed by atoms with van der Waals surface area (Å²) in [7, 11) is 0. The van der Waals surface area contributed by atoms with Crippen molar-refractivity contribution in [3.63, 3.8) is 0 Å². The van der Waals surface area contributed by atoms with Crippen LogP contribution in [-0.4, -0.2) is 6.04 Å². The number of hydrogen-bond acceptors (Lipinski definition) is 1. The molecule has 0 saturated heterocycles. The third-order valence-electron chi connectivity index (χ3n) is 2.00. The van der Waals surface area contributed by atoms with Crippen molar-refractivity contribution in [2.45, 2.75) is 19.4 Å². The van der Waals surface area contributed by atoms with Gasteiger partial charge < -0.3 is 5.32 Å². The van der Waals surface area contributed by atoms with Crippen LogP contribution >= 0.6 is 22.6 Å². The van der Waals surface area contributed by atoms with Crippen LogP contribution in [-0.2, 0) is 6.42 Å². The van der Waals surface area contributed by atoms with Gasteiger partial charge in [-0.1, -0.05) is 0 Å². The van der Waals surface area contributed by atoms with Gasteiger partial charge in [0, 0.05) is 15.3 Å². The molecule has 0 spiro atoms. The lowest BCUT2D eigenvalue weighted by atomic mass is 10.1. The van der Waals surface area contributed by atoms with Crippen molar-refractivity contribution in [1.82, 2.24) is 0 Å². The average Bonchev–Trinajstić information content (AvgIpc) is 2.27. The maximum atomic E-state index is 3.42. The number of benzene rings is 1. The molecule has 0 saturated carbocycles.